The first-order valence-electron chi connectivity index (χ1n) is 5.81. The van der Waals surface area contributed by atoms with Crippen LogP contribution >= 0.6 is 11.6 Å². The highest BCUT2D eigenvalue weighted by atomic mass is 35.5. The van der Waals surface area contributed by atoms with Crippen LogP contribution in [0, 0.1) is 0 Å². The van der Waals surface area contributed by atoms with Crippen molar-refractivity contribution in [3.63, 3.8) is 0 Å². The molecule has 2 heterocycles. The first-order valence-corrected chi connectivity index (χ1v) is 6.19. The molecule has 1 atom stereocenters. The summed E-state index contributed by atoms with van der Waals surface area (Å²) in [6.45, 7) is 5.83. The molecular formula is C12H16ClN3. The Balaban J connectivity index is 1.58. The second-order valence-corrected chi connectivity index (χ2v) is 5.15. The molecule has 0 N–H and O–H groups in total. The number of rotatable bonds is 2. The maximum absolute atomic E-state index is 5.87. The molecule has 16 heavy (non-hydrogen) atoms. The molecule has 1 aromatic rings. The van der Waals surface area contributed by atoms with Crippen LogP contribution in [0.2, 0.25) is 5.15 Å². The Morgan fingerprint density at radius 3 is 2.75 bits per heavy atom. The van der Waals surface area contributed by atoms with Crippen molar-refractivity contribution in [1.29, 1.82) is 0 Å². The number of likely N-dealkylation sites (N-methyl/N-ethyl adjacent to an activating group) is 1. The minimum Gasteiger partial charge on any atom is -0.304 e. The van der Waals surface area contributed by atoms with Crippen molar-refractivity contribution in [3.8, 4) is 0 Å². The SMILES string of the molecule is CN1CCN(CC2c3ccc(Cl)nc32)CC1. The largest absolute Gasteiger partial charge is 0.304 e. The third-order valence-corrected chi connectivity index (χ3v) is 3.79. The van der Waals surface area contributed by atoms with Crippen LogP contribution in [0.25, 0.3) is 0 Å². The highest BCUT2D eigenvalue weighted by Gasteiger charge is 2.36. The molecule has 3 rings (SSSR count). The molecule has 0 aromatic carbocycles. The number of hydrogen-bond donors (Lipinski definition) is 0. The van der Waals surface area contributed by atoms with Crippen LogP contribution in [-0.2, 0) is 0 Å². The van der Waals surface area contributed by atoms with Gasteiger partial charge in [0, 0.05) is 38.6 Å². The van der Waals surface area contributed by atoms with Crippen LogP contribution in [0.1, 0.15) is 17.2 Å². The average molecular weight is 238 g/mol. The van der Waals surface area contributed by atoms with Crippen molar-refractivity contribution in [3.05, 3.63) is 28.5 Å². The van der Waals surface area contributed by atoms with Gasteiger partial charge in [0.2, 0.25) is 0 Å². The van der Waals surface area contributed by atoms with Gasteiger partial charge in [0.15, 0.2) is 0 Å². The van der Waals surface area contributed by atoms with Crippen molar-refractivity contribution < 1.29 is 0 Å². The van der Waals surface area contributed by atoms with E-state index in [-0.39, 0.29) is 0 Å². The maximum Gasteiger partial charge on any atom is 0.129 e. The van der Waals surface area contributed by atoms with Crippen LogP contribution < -0.4 is 0 Å². The molecule has 3 nitrogen and oxygen atoms in total. The van der Waals surface area contributed by atoms with Gasteiger partial charge in [-0.1, -0.05) is 17.7 Å². The summed E-state index contributed by atoms with van der Waals surface area (Å²) in [6.07, 6.45) is 0. The normalized spacial score (nSPS) is 25.5. The van der Waals surface area contributed by atoms with E-state index in [1.807, 2.05) is 6.07 Å². The summed E-state index contributed by atoms with van der Waals surface area (Å²) in [6, 6.07) is 4.01. The lowest BCUT2D eigenvalue weighted by Crippen LogP contribution is -2.44. The summed E-state index contributed by atoms with van der Waals surface area (Å²) in [5.74, 6) is 0.552. The van der Waals surface area contributed by atoms with E-state index >= 15 is 0 Å². The third kappa shape index (κ3) is 1.95. The highest BCUT2D eigenvalue weighted by molar-refractivity contribution is 6.29. The van der Waals surface area contributed by atoms with Gasteiger partial charge in [-0.05, 0) is 18.7 Å². The van der Waals surface area contributed by atoms with E-state index < -0.39 is 0 Å². The average Bonchev–Trinajstić information content (AvgIpc) is 2.94. The summed E-state index contributed by atoms with van der Waals surface area (Å²) in [7, 11) is 2.19. The van der Waals surface area contributed by atoms with E-state index in [1.54, 1.807) is 0 Å². The molecule has 1 fully saturated rings. The standard InChI is InChI=1S/C12H16ClN3/c1-15-4-6-16(7-5-15)8-10-9-2-3-11(13)14-12(9)10/h2-3,10H,4-8H2,1H3. The predicted molar refractivity (Wildman–Crippen MR) is 65.0 cm³/mol. The smallest absolute Gasteiger partial charge is 0.129 e. The second kappa shape index (κ2) is 3.99. The number of piperazine rings is 1. The molecule has 0 saturated carbocycles. The fourth-order valence-electron chi connectivity index (χ4n) is 2.40. The quantitative estimate of drug-likeness (QED) is 0.726. The Kier molecular flexibility index (Phi) is 2.62. The third-order valence-electron chi connectivity index (χ3n) is 3.58. The number of fused-ring (bicyclic) bond motifs is 1. The Bertz CT molecular complexity index is 399. The number of nitrogens with zero attached hydrogens (tertiary/aromatic N) is 3. The van der Waals surface area contributed by atoms with Crippen molar-refractivity contribution in [2.24, 2.45) is 0 Å². The van der Waals surface area contributed by atoms with Crippen molar-refractivity contribution in [2.75, 3.05) is 39.8 Å². The zero-order valence-corrected chi connectivity index (χ0v) is 10.2. The molecule has 1 unspecified atom stereocenters. The molecule has 1 aliphatic heterocycles. The summed E-state index contributed by atoms with van der Waals surface area (Å²) < 4.78 is 0. The predicted octanol–water partition coefficient (Wildman–Crippen LogP) is 1.43. The van der Waals surface area contributed by atoms with Gasteiger partial charge < -0.3 is 4.90 Å². The number of pyridine rings is 1. The summed E-state index contributed by atoms with van der Waals surface area (Å²) in [4.78, 5) is 9.27. The van der Waals surface area contributed by atoms with E-state index in [2.05, 4.69) is 27.9 Å². The summed E-state index contributed by atoms with van der Waals surface area (Å²) in [5, 5.41) is 0.625. The molecular weight excluding hydrogens is 222 g/mol. The van der Waals surface area contributed by atoms with Gasteiger partial charge in [0.1, 0.15) is 5.15 Å². The van der Waals surface area contributed by atoms with E-state index in [9.17, 15) is 0 Å². The van der Waals surface area contributed by atoms with Gasteiger partial charge in [-0.15, -0.1) is 0 Å². The number of aromatic nitrogens is 1. The Morgan fingerprint density at radius 1 is 1.31 bits per heavy atom. The van der Waals surface area contributed by atoms with Crippen LogP contribution in [0.5, 0.6) is 0 Å². The molecule has 86 valence electrons. The minimum absolute atomic E-state index is 0.552. The Morgan fingerprint density at radius 2 is 2.06 bits per heavy atom. The maximum atomic E-state index is 5.87. The fraction of sp³-hybridized carbons (Fsp3) is 0.583. The van der Waals surface area contributed by atoms with E-state index in [0.29, 0.717) is 11.1 Å². The van der Waals surface area contributed by atoms with Gasteiger partial charge in [0.05, 0.1) is 5.69 Å². The Labute approximate surface area is 101 Å². The lowest BCUT2D eigenvalue weighted by Gasteiger charge is -2.32. The Hall–Kier alpha value is -0.640. The highest BCUT2D eigenvalue weighted by Crippen LogP contribution is 2.42. The van der Waals surface area contributed by atoms with Crippen molar-refractivity contribution >= 4 is 11.6 Å². The zero-order chi connectivity index (χ0) is 11.1. The van der Waals surface area contributed by atoms with E-state index in [4.69, 9.17) is 11.6 Å². The van der Waals surface area contributed by atoms with Crippen molar-refractivity contribution in [2.45, 2.75) is 5.92 Å². The van der Waals surface area contributed by atoms with E-state index in [0.717, 1.165) is 6.54 Å². The topological polar surface area (TPSA) is 19.4 Å². The molecule has 1 saturated heterocycles. The van der Waals surface area contributed by atoms with Gasteiger partial charge in [-0.25, -0.2) is 4.98 Å². The molecule has 1 aromatic heterocycles. The van der Waals surface area contributed by atoms with Crippen molar-refractivity contribution in [1.82, 2.24) is 14.8 Å². The van der Waals surface area contributed by atoms with Gasteiger partial charge in [0.25, 0.3) is 0 Å². The van der Waals surface area contributed by atoms with Gasteiger partial charge in [-0.2, -0.15) is 0 Å². The van der Waals surface area contributed by atoms with Gasteiger partial charge in [-0.3, -0.25) is 4.90 Å². The second-order valence-electron chi connectivity index (χ2n) is 4.76. The van der Waals surface area contributed by atoms with Crippen LogP contribution in [0.4, 0.5) is 0 Å². The first kappa shape index (κ1) is 10.5. The fourth-order valence-corrected chi connectivity index (χ4v) is 2.56. The molecule has 2 aliphatic rings. The lowest BCUT2D eigenvalue weighted by molar-refractivity contribution is 0.154. The zero-order valence-electron chi connectivity index (χ0n) is 9.49. The van der Waals surface area contributed by atoms with Crippen LogP contribution in [-0.4, -0.2) is 54.6 Å². The summed E-state index contributed by atoms with van der Waals surface area (Å²) in [5.41, 5.74) is 2.61. The van der Waals surface area contributed by atoms with Crippen LogP contribution in [0.3, 0.4) is 0 Å². The molecule has 0 bridgehead atoms. The molecule has 0 spiro atoms. The van der Waals surface area contributed by atoms with E-state index in [1.165, 1.54) is 37.4 Å². The molecule has 0 radical (unpaired) electrons. The minimum atomic E-state index is 0.552. The monoisotopic (exact) mass is 237 g/mol. The number of halogens is 1. The first-order chi connectivity index (χ1) is 7.74. The lowest BCUT2D eigenvalue weighted by atomic mass is 10.2. The number of hydrogen-bond acceptors (Lipinski definition) is 3. The van der Waals surface area contributed by atoms with Gasteiger partial charge >= 0.3 is 0 Å². The van der Waals surface area contributed by atoms with Crippen LogP contribution in [0.15, 0.2) is 12.1 Å². The molecule has 1 aliphatic carbocycles. The summed E-state index contributed by atoms with van der Waals surface area (Å²) >= 11 is 5.87. The molecule has 0 amide bonds. The molecule has 4 heteroatoms.